The van der Waals surface area contributed by atoms with Crippen LogP contribution >= 0.6 is 46.9 Å². The molecule has 0 amide bonds. The van der Waals surface area contributed by atoms with E-state index in [1.165, 1.54) is 20.7 Å². The Bertz CT molecular complexity index is 1070. The zero-order chi connectivity index (χ0) is 17.0. The number of aromatic nitrogens is 1. The summed E-state index contributed by atoms with van der Waals surface area (Å²) < 4.78 is 3.50. The number of halogens is 3. The van der Waals surface area contributed by atoms with Gasteiger partial charge in [-0.05, 0) is 41.8 Å². The maximum Gasteiger partial charge on any atom is 0.0831 e. The van der Waals surface area contributed by atoms with E-state index in [4.69, 9.17) is 23.2 Å². The summed E-state index contributed by atoms with van der Waals surface area (Å²) in [6.07, 6.45) is 2.08. The molecule has 0 aliphatic carbocycles. The fraction of sp³-hybridized carbons (Fsp3) is 0.100. The second kappa shape index (κ2) is 6.91. The van der Waals surface area contributed by atoms with Crippen molar-refractivity contribution in [3.8, 4) is 5.69 Å². The Balaban J connectivity index is 0.00000168. The predicted octanol–water partition coefficient (Wildman–Crippen LogP) is 6.61. The molecule has 2 aromatic heterocycles. The third-order valence-electron chi connectivity index (χ3n) is 4.68. The van der Waals surface area contributed by atoms with E-state index in [0.717, 1.165) is 11.3 Å². The first-order valence-electron chi connectivity index (χ1n) is 8.08. The van der Waals surface area contributed by atoms with E-state index in [2.05, 4.69) is 58.5 Å². The van der Waals surface area contributed by atoms with Crippen LogP contribution in [0.5, 0.6) is 0 Å². The van der Waals surface area contributed by atoms with Crippen LogP contribution in [-0.4, -0.2) is 4.57 Å². The topological polar surface area (TPSA) is 17.0 Å². The predicted molar refractivity (Wildman–Crippen MR) is 114 cm³/mol. The Hall–Kier alpha value is -1.49. The Labute approximate surface area is 171 Å². The van der Waals surface area contributed by atoms with Crippen molar-refractivity contribution in [1.82, 2.24) is 9.88 Å². The van der Waals surface area contributed by atoms with E-state index >= 15 is 0 Å². The number of hydrogen-bond donors (Lipinski definition) is 1. The van der Waals surface area contributed by atoms with Crippen molar-refractivity contribution in [3.63, 3.8) is 0 Å². The van der Waals surface area contributed by atoms with Crippen molar-refractivity contribution in [2.45, 2.75) is 12.6 Å². The van der Waals surface area contributed by atoms with Crippen molar-refractivity contribution in [3.05, 3.63) is 87.0 Å². The SMILES string of the molecule is Cl.Clc1cc(Cl)c2c(c1)-n1cccc1C(c1cc3ccccc3s1)NC2. The van der Waals surface area contributed by atoms with Gasteiger partial charge in [-0.25, -0.2) is 0 Å². The molecule has 1 N–H and O–H groups in total. The zero-order valence-electron chi connectivity index (χ0n) is 13.6. The normalized spacial score (nSPS) is 15.8. The van der Waals surface area contributed by atoms with Gasteiger partial charge in [0.2, 0.25) is 0 Å². The van der Waals surface area contributed by atoms with Gasteiger partial charge in [-0.2, -0.15) is 0 Å². The first kappa shape index (κ1) is 17.9. The van der Waals surface area contributed by atoms with E-state index in [9.17, 15) is 0 Å². The van der Waals surface area contributed by atoms with E-state index < -0.39 is 0 Å². The minimum Gasteiger partial charge on any atom is -0.318 e. The molecule has 132 valence electrons. The maximum absolute atomic E-state index is 6.48. The van der Waals surface area contributed by atoms with Crippen LogP contribution in [0.4, 0.5) is 0 Å². The molecule has 26 heavy (non-hydrogen) atoms. The van der Waals surface area contributed by atoms with Gasteiger partial charge in [0.1, 0.15) is 0 Å². The Morgan fingerprint density at radius 3 is 2.73 bits per heavy atom. The van der Waals surface area contributed by atoms with Crippen molar-refractivity contribution >= 4 is 57.0 Å². The molecule has 1 unspecified atom stereocenters. The van der Waals surface area contributed by atoms with Crippen LogP contribution < -0.4 is 5.32 Å². The molecule has 2 nitrogen and oxygen atoms in total. The molecule has 1 aliphatic rings. The lowest BCUT2D eigenvalue weighted by Crippen LogP contribution is -2.20. The van der Waals surface area contributed by atoms with Gasteiger partial charge in [0.15, 0.2) is 0 Å². The summed E-state index contributed by atoms with van der Waals surface area (Å²) in [7, 11) is 0. The van der Waals surface area contributed by atoms with Crippen molar-refractivity contribution < 1.29 is 0 Å². The molecule has 0 radical (unpaired) electrons. The first-order chi connectivity index (χ1) is 12.2. The smallest absolute Gasteiger partial charge is 0.0831 e. The number of nitrogens with one attached hydrogen (secondary N) is 1. The average molecular weight is 422 g/mol. The molecule has 1 aliphatic heterocycles. The Morgan fingerprint density at radius 1 is 1.04 bits per heavy atom. The summed E-state index contributed by atoms with van der Waals surface area (Å²) in [5.74, 6) is 0. The van der Waals surface area contributed by atoms with Gasteiger partial charge in [0.05, 0.1) is 11.7 Å². The van der Waals surface area contributed by atoms with Crippen molar-refractivity contribution in [1.29, 1.82) is 0 Å². The summed E-state index contributed by atoms with van der Waals surface area (Å²) in [4.78, 5) is 1.30. The van der Waals surface area contributed by atoms with E-state index in [1.807, 2.05) is 23.5 Å². The number of nitrogens with zero attached hydrogens (tertiary/aromatic N) is 1. The summed E-state index contributed by atoms with van der Waals surface area (Å²) in [5.41, 5.74) is 3.32. The number of hydrogen-bond acceptors (Lipinski definition) is 2. The number of rotatable bonds is 1. The molecule has 5 rings (SSSR count). The quantitative estimate of drug-likeness (QED) is 0.366. The third kappa shape index (κ3) is 2.84. The van der Waals surface area contributed by atoms with Gasteiger partial charge in [-0.3, -0.25) is 0 Å². The van der Waals surface area contributed by atoms with Gasteiger partial charge < -0.3 is 9.88 Å². The summed E-state index contributed by atoms with van der Waals surface area (Å²) in [6, 6.07) is 18.9. The minimum absolute atomic E-state index is 0. The standard InChI is InChI=1S/C20H14Cl2N2S.ClH/c21-13-9-15(22)14-11-23-20(16-5-3-7-24(16)17(14)10-13)19-8-12-4-1-2-6-18(12)25-19;/h1-10,20,23H,11H2;1H. The van der Waals surface area contributed by atoms with E-state index in [-0.39, 0.29) is 18.4 Å². The number of thiophene rings is 1. The highest BCUT2D eigenvalue weighted by atomic mass is 35.5. The second-order valence-electron chi connectivity index (χ2n) is 6.19. The van der Waals surface area contributed by atoms with Gasteiger partial charge in [-0.15, -0.1) is 23.7 Å². The van der Waals surface area contributed by atoms with Crippen molar-refractivity contribution in [2.75, 3.05) is 0 Å². The lowest BCUT2D eigenvalue weighted by Gasteiger charge is -2.15. The summed E-state index contributed by atoms with van der Waals surface area (Å²) >= 11 is 14.6. The molecule has 0 fully saturated rings. The molecular formula is C20H15Cl3N2S. The molecule has 6 heteroatoms. The lowest BCUT2D eigenvalue weighted by atomic mass is 10.1. The second-order valence-corrected chi connectivity index (χ2v) is 8.15. The van der Waals surface area contributed by atoms with Gasteiger partial charge in [0, 0.05) is 43.6 Å². The highest BCUT2D eigenvalue weighted by Crippen LogP contribution is 2.38. The van der Waals surface area contributed by atoms with Gasteiger partial charge >= 0.3 is 0 Å². The maximum atomic E-state index is 6.48. The number of benzene rings is 2. The molecule has 0 spiro atoms. The van der Waals surface area contributed by atoms with Gasteiger partial charge in [-0.1, -0.05) is 41.4 Å². The number of fused-ring (bicyclic) bond motifs is 4. The van der Waals surface area contributed by atoms with Crippen LogP contribution in [0, 0.1) is 0 Å². The van der Waals surface area contributed by atoms with Crippen LogP contribution in [0.1, 0.15) is 22.2 Å². The molecule has 4 aromatic rings. The summed E-state index contributed by atoms with van der Waals surface area (Å²) in [5, 5.41) is 6.32. The molecule has 0 bridgehead atoms. The van der Waals surface area contributed by atoms with Crippen LogP contribution in [0.3, 0.4) is 0 Å². The van der Waals surface area contributed by atoms with E-state index in [0.29, 0.717) is 16.6 Å². The van der Waals surface area contributed by atoms with Crippen LogP contribution in [-0.2, 0) is 6.54 Å². The van der Waals surface area contributed by atoms with Gasteiger partial charge in [0.25, 0.3) is 0 Å². The lowest BCUT2D eigenvalue weighted by molar-refractivity contribution is 0.609. The Morgan fingerprint density at radius 2 is 1.88 bits per heavy atom. The van der Waals surface area contributed by atoms with E-state index in [1.54, 1.807) is 0 Å². The first-order valence-corrected chi connectivity index (χ1v) is 9.65. The average Bonchev–Trinajstić information content (AvgIpc) is 3.20. The fourth-order valence-corrected chi connectivity index (χ4v) is 5.23. The van der Waals surface area contributed by atoms with Crippen LogP contribution in [0.15, 0.2) is 60.8 Å². The molecule has 0 saturated heterocycles. The molecule has 0 saturated carbocycles. The van der Waals surface area contributed by atoms with Crippen LogP contribution in [0.25, 0.3) is 15.8 Å². The van der Waals surface area contributed by atoms with Crippen molar-refractivity contribution in [2.24, 2.45) is 0 Å². The minimum atomic E-state index is 0. The largest absolute Gasteiger partial charge is 0.318 e. The Kier molecular flexibility index (Phi) is 4.76. The van der Waals surface area contributed by atoms with Crippen LogP contribution in [0.2, 0.25) is 10.0 Å². The molecular weight excluding hydrogens is 407 g/mol. The highest BCUT2D eigenvalue weighted by molar-refractivity contribution is 7.19. The monoisotopic (exact) mass is 420 g/mol. The fourth-order valence-electron chi connectivity index (χ4n) is 3.53. The zero-order valence-corrected chi connectivity index (χ0v) is 16.7. The molecule has 3 heterocycles. The third-order valence-corrected chi connectivity index (χ3v) is 6.42. The molecule has 1 atom stereocenters. The summed E-state index contributed by atoms with van der Waals surface area (Å²) in [6.45, 7) is 0.700. The molecule has 2 aromatic carbocycles. The highest BCUT2D eigenvalue weighted by Gasteiger charge is 2.25.